The molecule has 0 aromatic heterocycles. The predicted molar refractivity (Wildman–Crippen MR) is 33.6 cm³/mol. The Kier molecular flexibility index (Phi) is 3.76. The van der Waals surface area contributed by atoms with Crippen molar-refractivity contribution in [3.8, 4) is 0 Å². The first kappa shape index (κ1) is 8.20. The third-order valence-electron chi connectivity index (χ3n) is 0.865. The molecule has 0 heterocycles. The molecular formula is C5H8BNO2. The number of hydrogen-bond donors (Lipinski definition) is 0. The Labute approximate surface area is 55.5 Å². The molecule has 2 radical (unpaired) electrons. The van der Waals surface area contributed by atoms with Crippen LogP contribution >= 0.6 is 0 Å². The quantitative estimate of drug-likeness (QED) is 0.388. The van der Waals surface area contributed by atoms with Gasteiger partial charge in [-0.25, -0.2) is 0 Å². The molecule has 0 bridgehead atoms. The van der Waals surface area contributed by atoms with Gasteiger partial charge in [-0.15, -0.1) is 0 Å². The Morgan fingerprint density at radius 1 is 1.78 bits per heavy atom. The lowest BCUT2D eigenvalue weighted by atomic mass is 10.2. The van der Waals surface area contributed by atoms with Gasteiger partial charge >= 0.3 is 0 Å². The highest BCUT2D eigenvalue weighted by molar-refractivity contribution is 6.20. The summed E-state index contributed by atoms with van der Waals surface area (Å²) < 4.78 is 0. The summed E-state index contributed by atoms with van der Waals surface area (Å²) in [5.41, 5.74) is 0. The van der Waals surface area contributed by atoms with Crippen molar-refractivity contribution < 1.29 is 9.59 Å². The van der Waals surface area contributed by atoms with Gasteiger partial charge in [-0.3, -0.25) is 9.59 Å². The van der Waals surface area contributed by atoms with Gasteiger partial charge in [0, 0.05) is 6.42 Å². The topological polar surface area (TPSA) is 37.4 Å². The summed E-state index contributed by atoms with van der Waals surface area (Å²) in [7, 11) is 4.92. The number of amides is 2. The number of nitrogens with zero attached hydrogens (tertiary/aromatic N) is 1. The van der Waals surface area contributed by atoms with E-state index in [1.54, 1.807) is 0 Å². The third-order valence-corrected chi connectivity index (χ3v) is 0.865. The van der Waals surface area contributed by atoms with Gasteiger partial charge in [0.05, 0.1) is 0 Å². The van der Waals surface area contributed by atoms with Crippen molar-refractivity contribution in [2.45, 2.75) is 19.8 Å². The Morgan fingerprint density at radius 3 is 2.67 bits per heavy atom. The number of imide groups is 1. The van der Waals surface area contributed by atoms with E-state index < -0.39 is 0 Å². The van der Waals surface area contributed by atoms with Crippen molar-refractivity contribution in [1.29, 1.82) is 0 Å². The van der Waals surface area contributed by atoms with Crippen LogP contribution in [-0.4, -0.2) is 25.1 Å². The molecule has 0 aliphatic carbocycles. The molecule has 0 unspecified atom stereocenters. The molecule has 0 atom stereocenters. The minimum atomic E-state index is -0.340. The van der Waals surface area contributed by atoms with Crippen LogP contribution in [0.15, 0.2) is 0 Å². The summed E-state index contributed by atoms with van der Waals surface area (Å²) in [5, 5.41) is 0. The molecule has 0 aromatic carbocycles. The van der Waals surface area contributed by atoms with E-state index in [1.807, 2.05) is 6.92 Å². The highest BCUT2D eigenvalue weighted by Crippen LogP contribution is 1.89. The van der Waals surface area contributed by atoms with E-state index in [2.05, 4.69) is 0 Å². The zero-order valence-corrected chi connectivity index (χ0v) is 5.33. The minimum Gasteiger partial charge on any atom is -0.343 e. The maximum atomic E-state index is 10.5. The van der Waals surface area contributed by atoms with Crippen molar-refractivity contribution in [2.75, 3.05) is 0 Å². The summed E-state index contributed by atoms with van der Waals surface area (Å²) >= 11 is 0. The molecule has 0 saturated heterocycles. The second-order valence-corrected chi connectivity index (χ2v) is 1.66. The van der Waals surface area contributed by atoms with Crippen molar-refractivity contribution in [3.63, 3.8) is 0 Å². The van der Waals surface area contributed by atoms with Crippen molar-refractivity contribution in [3.05, 3.63) is 0 Å². The molecule has 0 aliphatic heterocycles. The third kappa shape index (κ3) is 2.90. The Bertz CT molecular complexity index is 116. The lowest BCUT2D eigenvalue weighted by Gasteiger charge is -2.06. The first-order chi connectivity index (χ1) is 4.22. The van der Waals surface area contributed by atoms with E-state index in [1.165, 1.54) is 0 Å². The maximum Gasteiger partial charge on any atom is 0.242 e. The predicted octanol–water partition coefficient (Wildman–Crippen LogP) is -0.145. The van der Waals surface area contributed by atoms with Gasteiger partial charge < -0.3 is 4.81 Å². The zero-order valence-electron chi connectivity index (χ0n) is 5.33. The van der Waals surface area contributed by atoms with Gasteiger partial charge in [-0.05, 0) is 6.42 Å². The van der Waals surface area contributed by atoms with Gasteiger partial charge in [0.1, 0.15) is 0 Å². The molecule has 0 fully saturated rings. The van der Waals surface area contributed by atoms with Crippen LogP contribution in [0.2, 0.25) is 0 Å². The van der Waals surface area contributed by atoms with E-state index in [0.29, 0.717) is 24.1 Å². The van der Waals surface area contributed by atoms with Crippen molar-refractivity contribution >= 4 is 20.3 Å². The van der Waals surface area contributed by atoms with Gasteiger partial charge in [0.2, 0.25) is 20.3 Å². The van der Waals surface area contributed by atoms with Gasteiger partial charge in [-0.1, -0.05) is 6.92 Å². The molecule has 0 aromatic rings. The van der Waals surface area contributed by atoms with E-state index in [4.69, 9.17) is 7.98 Å². The van der Waals surface area contributed by atoms with Gasteiger partial charge in [0.15, 0.2) is 0 Å². The largest absolute Gasteiger partial charge is 0.343 e. The molecule has 48 valence electrons. The minimum absolute atomic E-state index is 0.304. The lowest BCUT2D eigenvalue weighted by molar-refractivity contribution is -0.132. The SMILES string of the molecule is [B]N(C=O)C(=O)CCC. The molecule has 4 heteroatoms. The van der Waals surface area contributed by atoms with Crippen LogP contribution in [0.4, 0.5) is 0 Å². The smallest absolute Gasteiger partial charge is 0.242 e. The average molecular weight is 125 g/mol. The Balaban J connectivity index is 3.58. The number of rotatable bonds is 3. The summed E-state index contributed by atoms with van der Waals surface area (Å²) in [4.78, 5) is 20.9. The molecule has 9 heavy (non-hydrogen) atoms. The fourth-order valence-electron chi connectivity index (χ4n) is 0.402. The fourth-order valence-corrected chi connectivity index (χ4v) is 0.402. The molecule has 0 N–H and O–H groups in total. The molecule has 0 aliphatic rings. The van der Waals surface area contributed by atoms with Crippen LogP contribution in [0.3, 0.4) is 0 Å². The summed E-state index contributed by atoms with van der Waals surface area (Å²) in [6.07, 6.45) is 1.34. The van der Waals surface area contributed by atoms with Crippen LogP contribution in [0, 0.1) is 0 Å². The van der Waals surface area contributed by atoms with Crippen LogP contribution in [0.5, 0.6) is 0 Å². The monoisotopic (exact) mass is 125 g/mol. The number of carbonyl (C=O) groups is 2. The van der Waals surface area contributed by atoms with Crippen LogP contribution in [-0.2, 0) is 9.59 Å². The van der Waals surface area contributed by atoms with E-state index in [-0.39, 0.29) is 5.91 Å². The molecular weight excluding hydrogens is 117 g/mol. The van der Waals surface area contributed by atoms with Crippen LogP contribution < -0.4 is 0 Å². The second-order valence-electron chi connectivity index (χ2n) is 1.66. The second kappa shape index (κ2) is 4.12. The number of carbonyl (C=O) groups excluding carboxylic acids is 2. The van der Waals surface area contributed by atoms with E-state index >= 15 is 0 Å². The molecule has 0 rings (SSSR count). The van der Waals surface area contributed by atoms with Crippen LogP contribution in [0.25, 0.3) is 0 Å². The Morgan fingerprint density at radius 2 is 2.33 bits per heavy atom. The summed E-state index contributed by atoms with van der Waals surface area (Å²) in [6, 6.07) is 0. The van der Waals surface area contributed by atoms with E-state index in [0.717, 1.165) is 0 Å². The fraction of sp³-hybridized carbons (Fsp3) is 0.600. The van der Waals surface area contributed by atoms with Gasteiger partial charge in [0.25, 0.3) is 0 Å². The highest BCUT2D eigenvalue weighted by atomic mass is 16.2. The first-order valence-electron chi connectivity index (χ1n) is 2.74. The van der Waals surface area contributed by atoms with Crippen molar-refractivity contribution in [2.24, 2.45) is 0 Å². The Hall–Kier alpha value is -0.795. The summed E-state index contributed by atoms with van der Waals surface area (Å²) in [6.45, 7) is 1.84. The standard InChI is InChI=1S/C5H8BNO2/c1-2-3-5(9)7(6)4-8/h4H,2-3H2,1H3. The zero-order chi connectivity index (χ0) is 7.28. The van der Waals surface area contributed by atoms with Crippen molar-refractivity contribution in [1.82, 2.24) is 4.81 Å². The molecule has 0 spiro atoms. The molecule has 3 nitrogen and oxygen atoms in total. The molecule has 0 saturated carbocycles. The maximum absolute atomic E-state index is 10.5. The highest BCUT2D eigenvalue weighted by Gasteiger charge is 2.02. The summed E-state index contributed by atoms with van der Waals surface area (Å²) in [5.74, 6) is -0.340. The van der Waals surface area contributed by atoms with Crippen LogP contribution in [0.1, 0.15) is 19.8 Å². The first-order valence-corrected chi connectivity index (χ1v) is 2.74. The number of hydrogen-bond acceptors (Lipinski definition) is 2. The normalized spacial score (nSPS) is 8.56. The lowest BCUT2D eigenvalue weighted by Crippen LogP contribution is -2.25. The van der Waals surface area contributed by atoms with Gasteiger partial charge in [-0.2, -0.15) is 0 Å². The van der Waals surface area contributed by atoms with E-state index in [9.17, 15) is 9.59 Å². The molecule has 2 amide bonds. The average Bonchev–Trinajstić information content (AvgIpc) is 1.87.